The molecule has 0 spiro atoms. The average molecular weight is 332 g/mol. The third-order valence-corrected chi connectivity index (χ3v) is 3.79. The Morgan fingerprint density at radius 1 is 0.920 bits per heavy atom. The van der Waals surface area contributed by atoms with Crippen LogP contribution < -0.4 is 10.1 Å². The Kier molecular flexibility index (Phi) is 3.96. The summed E-state index contributed by atoms with van der Waals surface area (Å²) in [6.45, 7) is 2.07. The molecule has 124 valence electrons. The quantitative estimate of drug-likeness (QED) is 0.603. The predicted octanol–water partition coefficient (Wildman–Crippen LogP) is 3.48. The third kappa shape index (κ3) is 3.40. The number of ether oxygens (including phenoxy) is 1. The van der Waals surface area contributed by atoms with E-state index in [9.17, 15) is 0 Å². The fraction of sp³-hybridized carbons (Fsp3) is 0.111. The third-order valence-electron chi connectivity index (χ3n) is 3.79. The summed E-state index contributed by atoms with van der Waals surface area (Å²) in [6.07, 6.45) is 0. The van der Waals surface area contributed by atoms with Gasteiger partial charge in [-0.15, -0.1) is 14.8 Å². The minimum atomic E-state index is 0.0761. The Labute approximate surface area is 144 Å². The largest absolute Gasteiger partial charge is 0.457 e. The van der Waals surface area contributed by atoms with Crippen LogP contribution in [0, 0.1) is 0 Å². The van der Waals surface area contributed by atoms with Crippen LogP contribution in [0.5, 0.6) is 11.5 Å². The zero-order chi connectivity index (χ0) is 17.1. The standard InChI is InChI=1S/C18H16N6O/c1-13(19-17-11-12-18-20-22-23-24(18)21-17)14-7-9-16(10-8-14)25-15-5-3-2-4-6-15/h2-13H,1H3,(H,19,21)/t13-/m0/s1. The number of fused-ring (bicyclic) bond motifs is 1. The van der Waals surface area contributed by atoms with E-state index in [1.54, 1.807) is 0 Å². The molecule has 0 bridgehead atoms. The molecule has 25 heavy (non-hydrogen) atoms. The highest BCUT2D eigenvalue weighted by atomic mass is 16.5. The molecule has 1 atom stereocenters. The summed E-state index contributed by atoms with van der Waals surface area (Å²) in [5.41, 5.74) is 1.74. The molecule has 0 saturated carbocycles. The van der Waals surface area contributed by atoms with Gasteiger partial charge in [-0.25, -0.2) is 0 Å². The van der Waals surface area contributed by atoms with Crippen molar-refractivity contribution in [2.45, 2.75) is 13.0 Å². The molecular formula is C18H16N6O. The van der Waals surface area contributed by atoms with Gasteiger partial charge in [0.15, 0.2) is 5.65 Å². The number of nitrogens with zero attached hydrogens (tertiary/aromatic N) is 5. The summed E-state index contributed by atoms with van der Waals surface area (Å²) in [6, 6.07) is 21.4. The number of aromatic nitrogens is 5. The normalized spacial score (nSPS) is 12.0. The monoisotopic (exact) mass is 332 g/mol. The van der Waals surface area contributed by atoms with Crippen molar-refractivity contribution in [2.75, 3.05) is 5.32 Å². The first kappa shape index (κ1) is 15.1. The molecule has 2 aromatic carbocycles. The number of hydrogen-bond acceptors (Lipinski definition) is 6. The van der Waals surface area contributed by atoms with Crippen molar-refractivity contribution in [3.8, 4) is 11.5 Å². The highest BCUT2D eigenvalue weighted by Gasteiger charge is 2.08. The molecule has 0 radical (unpaired) electrons. The molecular weight excluding hydrogens is 316 g/mol. The highest BCUT2D eigenvalue weighted by Crippen LogP contribution is 2.24. The van der Waals surface area contributed by atoms with Crippen LogP contribution in [0.1, 0.15) is 18.5 Å². The van der Waals surface area contributed by atoms with Crippen LogP contribution in [0.3, 0.4) is 0 Å². The molecule has 7 nitrogen and oxygen atoms in total. The van der Waals surface area contributed by atoms with Crippen molar-refractivity contribution < 1.29 is 4.74 Å². The molecule has 2 heterocycles. The molecule has 0 aliphatic carbocycles. The lowest BCUT2D eigenvalue weighted by atomic mass is 10.1. The Morgan fingerprint density at radius 2 is 1.68 bits per heavy atom. The maximum Gasteiger partial charge on any atom is 0.200 e. The fourth-order valence-corrected chi connectivity index (χ4v) is 2.48. The summed E-state index contributed by atoms with van der Waals surface area (Å²) < 4.78 is 7.21. The second-order valence-corrected chi connectivity index (χ2v) is 5.60. The molecule has 0 aliphatic rings. The average Bonchev–Trinajstić information content (AvgIpc) is 3.11. The van der Waals surface area contributed by atoms with Gasteiger partial charge in [-0.05, 0) is 59.3 Å². The SMILES string of the molecule is C[C@H](Nc1ccc2nnnn2n1)c1ccc(Oc2ccccc2)cc1. The number of nitrogens with one attached hydrogen (secondary N) is 1. The summed E-state index contributed by atoms with van der Waals surface area (Å²) >= 11 is 0. The van der Waals surface area contributed by atoms with E-state index in [0.717, 1.165) is 17.1 Å². The molecule has 4 aromatic rings. The van der Waals surface area contributed by atoms with E-state index in [4.69, 9.17) is 4.74 Å². The van der Waals surface area contributed by atoms with Gasteiger partial charge in [-0.3, -0.25) is 0 Å². The van der Waals surface area contributed by atoms with E-state index in [1.807, 2.05) is 66.7 Å². The summed E-state index contributed by atoms with van der Waals surface area (Å²) in [7, 11) is 0. The highest BCUT2D eigenvalue weighted by molar-refractivity contribution is 5.44. The second-order valence-electron chi connectivity index (χ2n) is 5.60. The van der Waals surface area contributed by atoms with Crippen molar-refractivity contribution in [1.82, 2.24) is 25.3 Å². The minimum absolute atomic E-state index is 0.0761. The topological polar surface area (TPSA) is 77.2 Å². The summed E-state index contributed by atoms with van der Waals surface area (Å²) in [4.78, 5) is 0. The number of anilines is 1. The first-order chi connectivity index (χ1) is 12.3. The smallest absolute Gasteiger partial charge is 0.200 e. The van der Waals surface area contributed by atoms with Crippen LogP contribution in [-0.2, 0) is 0 Å². The van der Waals surface area contributed by atoms with E-state index in [0.29, 0.717) is 11.5 Å². The first-order valence-corrected chi connectivity index (χ1v) is 7.93. The number of tetrazole rings is 1. The van der Waals surface area contributed by atoms with Gasteiger partial charge in [0.2, 0.25) is 0 Å². The van der Waals surface area contributed by atoms with Gasteiger partial charge in [0, 0.05) is 0 Å². The van der Waals surface area contributed by atoms with Crippen LogP contribution in [0.15, 0.2) is 66.7 Å². The van der Waals surface area contributed by atoms with E-state index in [1.165, 1.54) is 4.63 Å². The lowest BCUT2D eigenvalue weighted by Gasteiger charge is -2.15. The Bertz CT molecular complexity index is 968. The van der Waals surface area contributed by atoms with Crippen molar-refractivity contribution in [3.63, 3.8) is 0 Å². The van der Waals surface area contributed by atoms with E-state index in [2.05, 4.69) is 32.9 Å². The summed E-state index contributed by atoms with van der Waals surface area (Å²) in [5, 5.41) is 18.9. The maximum atomic E-state index is 5.81. The van der Waals surface area contributed by atoms with Gasteiger partial charge < -0.3 is 10.1 Å². The van der Waals surface area contributed by atoms with Crippen LogP contribution >= 0.6 is 0 Å². The molecule has 0 fully saturated rings. The van der Waals surface area contributed by atoms with Gasteiger partial charge in [-0.1, -0.05) is 30.3 Å². The van der Waals surface area contributed by atoms with Gasteiger partial charge in [0.1, 0.15) is 17.3 Å². The van der Waals surface area contributed by atoms with Gasteiger partial charge in [0.25, 0.3) is 0 Å². The minimum Gasteiger partial charge on any atom is -0.457 e. The zero-order valence-corrected chi connectivity index (χ0v) is 13.6. The number of hydrogen-bond donors (Lipinski definition) is 1. The Balaban J connectivity index is 1.45. The molecule has 7 heteroatoms. The van der Waals surface area contributed by atoms with Crippen molar-refractivity contribution >= 4 is 11.5 Å². The van der Waals surface area contributed by atoms with E-state index >= 15 is 0 Å². The fourth-order valence-electron chi connectivity index (χ4n) is 2.48. The second kappa shape index (κ2) is 6.56. The summed E-state index contributed by atoms with van der Waals surface area (Å²) in [5.74, 6) is 2.33. The molecule has 0 unspecified atom stereocenters. The lowest BCUT2D eigenvalue weighted by Crippen LogP contribution is -2.09. The maximum absolute atomic E-state index is 5.81. The predicted molar refractivity (Wildman–Crippen MR) is 93.6 cm³/mol. The first-order valence-electron chi connectivity index (χ1n) is 7.93. The zero-order valence-electron chi connectivity index (χ0n) is 13.6. The van der Waals surface area contributed by atoms with Crippen LogP contribution in [0.25, 0.3) is 5.65 Å². The van der Waals surface area contributed by atoms with Gasteiger partial charge in [-0.2, -0.15) is 0 Å². The van der Waals surface area contributed by atoms with E-state index < -0.39 is 0 Å². The number of rotatable bonds is 5. The molecule has 4 rings (SSSR count). The number of para-hydroxylation sites is 1. The lowest BCUT2D eigenvalue weighted by molar-refractivity contribution is 0.482. The molecule has 1 N–H and O–H groups in total. The Hall–Kier alpha value is -3.48. The molecule has 0 aliphatic heterocycles. The Morgan fingerprint density at radius 3 is 2.48 bits per heavy atom. The van der Waals surface area contributed by atoms with Crippen LogP contribution in [-0.4, -0.2) is 25.3 Å². The molecule has 0 amide bonds. The van der Waals surface area contributed by atoms with Crippen LogP contribution in [0.4, 0.5) is 5.82 Å². The van der Waals surface area contributed by atoms with Gasteiger partial charge >= 0.3 is 0 Å². The molecule has 0 saturated heterocycles. The van der Waals surface area contributed by atoms with Gasteiger partial charge in [0.05, 0.1) is 6.04 Å². The van der Waals surface area contributed by atoms with Crippen molar-refractivity contribution in [1.29, 1.82) is 0 Å². The van der Waals surface area contributed by atoms with Crippen molar-refractivity contribution in [2.24, 2.45) is 0 Å². The van der Waals surface area contributed by atoms with Crippen molar-refractivity contribution in [3.05, 3.63) is 72.3 Å². The van der Waals surface area contributed by atoms with E-state index in [-0.39, 0.29) is 6.04 Å². The van der Waals surface area contributed by atoms with Crippen LogP contribution in [0.2, 0.25) is 0 Å². The number of benzene rings is 2. The molecule has 2 aromatic heterocycles.